The van der Waals surface area contributed by atoms with Crippen molar-refractivity contribution in [2.24, 2.45) is 5.73 Å². The predicted octanol–water partition coefficient (Wildman–Crippen LogP) is -4.61. The van der Waals surface area contributed by atoms with Crippen molar-refractivity contribution >= 4 is 22.1 Å². The Kier molecular flexibility index (Phi) is 6.98. The molecule has 0 saturated heterocycles. The quantitative estimate of drug-likeness (QED) is 0.289. The van der Waals surface area contributed by atoms with Gasteiger partial charge in [-0.25, -0.2) is 0 Å². The molecule has 0 radical (unpaired) electrons. The smallest absolute Gasteiger partial charge is 0.343 e. The summed E-state index contributed by atoms with van der Waals surface area (Å²) in [5.74, 6) is -3.06. The second kappa shape index (κ2) is 6.66. The lowest BCUT2D eigenvalue weighted by Gasteiger charge is -2.40. The number of likely N-dealkylation sites (N-methyl/N-ethyl adjacent to an activating group) is 2. The standard InChI is InChI=1S/C5H12N2O5S.C5H11NO2/c1-7(2,3)5(6,4(8)9)13(10,11)12;1-6(2,3)4-5(7)8/h6H2,1-3H3,(H-,8,9,10,11,12);4H2,1-3H3. The summed E-state index contributed by atoms with van der Waals surface area (Å²) in [4.78, 5) is 17.6. The zero-order valence-corrected chi connectivity index (χ0v) is 13.8. The van der Waals surface area contributed by atoms with Crippen LogP contribution < -0.4 is 15.9 Å². The molecule has 1 atom stereocenters. The van der Waals surface area contributed by atoms with Gasteiger partial charge in [0.15, 0.2) is 0 Å². The van der Waals surface area contributed by atoms with Crippen molar-refractivity contribution in [3.8, 4) is 0 Å². The fraction of sp³-hybridized carbons (Fsp3) is 0.800. The van der Waals surface area contributed by atoms with Crippen molar-refractivity contribution in [3.05, 3.63) is 0 Å². The van der Waals surface area contributed by atoms with Gasteiger partial charge < -0.3 is 24.3 Å². The molecule has 0 aromatic heterocycles. The lowest BCUT2D eigenvalue weighted by atomic mass is 10.4. The summed E-state index contributed by atoms with van der Waals surface area (Å²) in [6, 6.07) is 0. The van der Waals surface area contributed by atoms with E-state index < -0.39 is 31.5 Å². The van der Waals surface area contributed by atoms with Crippen LogP contribution in [0.15, 0.2) is 0 Å². The summed E-state index contributed by atoms with van der Waals surface area (Å²) >= 11 is 0. The second-order valence-corrected chi connectivity index (χ2v) is 7.86. The van der Waals surface area contributed by atoms with Crippen molar-refractivity contribution in [3.63, 3.8) is 0 Å². The summed E-state index contributed by atoms with van der Waals surface area (Å²) in [7, 11) is 4.11. The zero-order chi connectivity index (χ0) is 17.9. The molecule has 10 nitrogen and oxygen atoms in total. The van der Waals surface area contributed by atoms with Crippen molar-refractivity contribution < 1.29 is 41.7 Å². The van der Waals surface area contributed by atoms with Gasteiger partial charge in [0.2, 0.25) is 0 Å². The molecule has 21 heavy (non-hydrogen) atoms. The molecule has 0 saturated carbocycles. The Bertz CT molecular complexity index is 490. The molecule has 0 heterocycles. The Hall–Kier alpha value is -1.27. The van der Waals surface area contributed by atoms with Gasteiger partial charge in [0.25, 0.3) is 0 Å². The van der Waals surface area contributed by atoms with E-state index in [0.717, 1.165) is 0 Å². The van der Waals surface area contributed by atoms with Gasteiger partial charge in [-0.05, 0) is 0 Å². The van der Waals surface area contributed by atoms with Crippen LogP contribution in [0.3, 0.4) is 0 Å². The molecule has 0 aliphatic heterocycles. The summed E-state index contributed by atoms with van der Waals surface area (Å²) in [5, 5.41) is 20.4. The number of rotatable bonds is 5. The highest BCUT2D eigenvalue weighted by Crippen LogP contribution is 2.17. The van der Waals surface area contributed by atoms with E-state index in [-0.39, 0.29) is 6.54 Å². The molecule has 0 aliphatic carbocycles. The molecule has 0 bridgehead atoms. The molecule has 0 aromatic rings. The fourth-order valence-corrected chi connectivity index (χ4v) is 2.02. The first-order valence-corrected chi connectivity index (χ1v) is 7.09. The number of quaternary nitrogens is 2. The van der Waals surface area contributed by atoms with E-state index in [2.05, 4.69) is 0 Å². The number of carbonyl (C=O) groups excluding carboxylic acids is 2. The van der Waals surface area contributed by atoms with Crippen LogP contribution in [0.5, 0.6) is 0 Å². The largest absolute Gasteiger partial charge is 0.544 e. The number of carboxylic acids is 2. The molecular weight excluding hydrogens is 306 g/mol. The molecule has 3 N–H and O–H groups in total. The predicted molar refractivity (Wildman–Crippen MR) is 69.4 cm³/mol. The molecular formula is C10H23N3O7S. The Labute approximate surface area is 124 Å². The zero-order valence-electron chi connectivity index (χ0n) is 13.0. The van der Waals surface area contributed by atoms with Gasteiger partial charge in [0.05, 0.1) is 48.3 Å². The van der Waals surface area contributed by atoms with Crippen molar-refractivity contribution in [1.29, 1.82) is 0 Å². The van der Waals surface area contributed by atoms with Crippen molar-refractivity contribution in [2.75, 3.05) is 48.8 Å². The number of aliphatic carboxylic acids is 2. The monoisotopic (exact) mass is 329 g/mol. The molecule has 11 heteroatoms. The first-order chi connectivity index (χ1) is 8.86. The SMILES string of the molecule is C[N+](C)(C)C(N)(C(=O)[O-])S(=O)(=O)O.C[N+](C)(C)CC(=O)[O-]. The second-order valence-electron chi connectivity index (χ2n) is 6.29. The third-order valence-electron chi connectivity index (χ3n) is 2.29. The Morgan fingerprint density at radius 2 is 1.43 bits per heavy atom. The normalized spacial score (nSPS) is 15.4. The van der Waals surface area contributed by atoms with Gasteiger partial charge in [0.1, 0.15) is 12.5 Å². The number of carbonyl (C=O) groups is 2. The summed E-state index contributed by atoms with van der Waals surface area (Å²) in [6.45, 7) is 0.0694. The van der Waals surface area contributed by atoms with Crippen LogP contribution >= 0.6 is 0 Å². The lowest BCUT2D eigenvalue weighted by Crippen LogP contribution is -2.75. The van der Waals surface area contributed by atoms with E-state index in [1.165, 1.54) is 21.1 Å². The lowest BCUT2D eigenvalue weighted by molar-refractivity contribution is -0.900. The van der Waals surface area contributed by atoms with Crippen molar-refractivity contribution in [1.82, 2.24) is 0 Å². The fourth-order valence-electron chi connectivity index (χ4n) is 1.11. The first kappa shape index (κ1) is 22.0. The summed E-state index contributed by atoms with van der Waals surface area (Å²) in [5.41, 5.74) is 5.07. The van der Waals surface area contributed by atoms with E-state index in [4.69, 9.17) is 10.3 Å². The minimum atomic E-state index is -4.93. The maximum absolute atomic E-state index is 10.7. The van der Waals surface area contributed by atoms with Crippen LogP contribution in [0, 0.1) is 0 Å². The minimum Gasteiger partial charge on any atom is -0.544 e. The molecule has 0 spiro atoms. The molecule has 0 rings (SSSR count). The van der Waals surface area contributed by atoms with E-state index in [0.29, 0.717) is 4.48 Å². The third-order valence-corrected chi connectivity index (χ3v) is 3.79. The molecule has 0 aliphatic rings. The average Bonchev–Trinajstić information content (AvgIpc) is 2.08. The molecule has 126 valence electrons. The molecule has 0 aromatic carbocycles. The summed E-state index contributed by atoms with van der Waals surface area (Å²) in [6.07, 6.45) is 0. The van der Waals surface area contributed by atoms with Crippen LogP contribution in [-0.4, -0.2) is 87.7 Å². The van der Waals surface area contributed by atoms with Gasteiger partial charge in [-0.3, -0.25) is 14.8 Å². The first-order valence-electron chi connectivity index (χ1n) is 5.65. The van der Waals surface area contributed by atoms with E-state index in [9.17, 15) is 28.2 Å². The van der Waals surface area contributed by atoms with Crippen LogP contribution in [0.1, 0.15) is 0 Å². The summed E-state index contributed by atoms with van der Waals surface area (Å²) < 4.78 is 29.8. The van der Waals surface area contributed by atoms with Crippen LogP contribution in [0.2, 0.25) is 0 Å². The maximum Gasteiger partial charge on any atom is 0.343 e. The highest BCUT2D eigenvalue weighted by Gasteiger charge is 2.53. The van der Waals surface area contributed by atoms with Gasteiger partial charge in [0, 0.05) is 0 Å². The van der Waals surface area contributed by atoms with Gasteiger partial charge in [-0.1, -0.05) is 0 Å². The van der Waals surface area contributed by atoms with Crippen LogP contribution in [-0.2, 0) is 19.7 Å². The van der Waals surface area contributed by atoms with E-state index in [1.807, 2.05) is 0 Å². The van der Waals surface area contributed by atoms with Crippen LogP contribution in [0.25, 0.3) is 0 Å². The highest BCUT2D eigenvalue weighted by atomic mass is 32.2. The third kappa shape index (κ3) is 6.82. The van der Waals surface area contributed by atoms with Gasteiger partial charge in [-0.15, -0.1) is 0 Å². The number of hydrogen-bond acceptors (Lipinski definition) is 7. The Morgan fingerprint density at radius 1 is 1.10 bits per heavy atom. The average molecular weight is 329 g/mol. The molecule has 0 amide bonds. The Morgan fingerprint density at radius 3 is 1.43 bits per heavy atom. The number of hydrogen-bond donors (Lipinski definition) is 2. The van der Waals surface area contributed by atoms with E-state index >= 15 is 0 Å². The minimum absolute atomic E-state index is 0.0694. The van der Waals surface area contributed by atoms with Gasteiger partial charge in [-0.2, -0.15) is 8.42 Å². The number of nitrogens with two attached hydrogens (primary N) is 1. The Balaban J connectivity index is 0. The van der Waals surface area contributed by atoms with Crippen LogP contribution in [0.4, 0.5) is 0 Å². The topological polar surface area (TPSA) is 161 Å². The number of nitrogens with zero attached hydrogens (tertiary/aromatic N) is 2. The van der Waals surface area contributed by atoms with Gasteiger partial charge >= 0.3 is 15.1 Å². The molecule has 0 fully saturated rings. The van der Waals surface area contributed by atoms with E-state index in [1.54, 1.807) is 21.1 Å². The molecule has 1 unspecified atom stereocenters. The van der Waals surface area contributed by atoms with Crippen molar-refractivity contribution in [2.45, 2.75) is 4.99 Å². The maximum atomic E-state index is 10.7. The number of carboxylic acid groups (broad SMARTS) is 2. The highest BCUT2D eigenvalue weighted by molar-refractivity contribution is 7.87.